The van der Waals surface area contributed by atoms with Gasteiger partial charge in [-0.25, -0.2) is 0 Å². The van der Waals surface area contributed by atoms with Gasteiger partial charge in [0.1, 0.15) is 0 Å². The van der Waals surface area contributed by atoms with Crippen LogP contribution in [-0.4, -0.2) is 83.8 Å². The summed E-state index contributed by atoms with van der Waals surface area (Å²) < 4.78 is 41.7. The van der Waals surface area contributed by atoms with Crippen molar-refractivity contribution in [2.24, 2.45) is 0 Å². The molecule has 0 aliphatic carbocycles. The van der Waals surface area contributed by atoms with Crippen LogP contribution in [-0.2, 0) is 31.0 Å². The summed E-state index contributed by atoms with van der Waals surface area (Å²) in [6.45, 7) is 13.1. The van der Waals surface area contributed by atoms with E-state index in [0.717, 1.165) is 18.1 Å². The van der Waals surface area contributed by atoms with Crippen molar-refractivity contribution in [1.29, 1.82) is 0 Å². The van der Waals surface area contributed by atoms with Crippen molar-refractivity contribution in [3.63, 3.8) is 0 Å². The number of hydrogen-bond acceptors (Lipinski definition) is 7. The highest BCUT2D eigenvalue weighted by molar-refractivity contribution is 6.81. The second-order valence-electron chi connectivity index (χ2n) is 8.98. The van der Waals surface area contributed by atoms with E-state index in [1.54, 1.807) is 42.7 Å². The molecule has 0 heterocycles. The summed E-state index contributed by atoms with van der Waals surface area (Å²) in [7, 11) is 3.25. The summed E-state index contributed by atoms with van der Waals surface area (Å²) in [6, 6.07) is 2.87. The third-order valence-corrected chi connectivity index (χ3v) is 24.6. The molecular weight excluding hydrogens is 453 g/mol. The highest BCUT2D eigenvalue weighted by atomic mass is 28.4. The predicted molar refractivity (Wildman–Crippen MR) is 132 cm³/mol. The first-order valence-corrected chi connectivity index (χ1v) is 20.4. The first kappa shape index (κ1) is 30.6. The Hall–Kier alpha value is 0.588. The fourth-order valence-electron chi connectivity index (χ4n) is 4.19. The molecular formula is C19H48O7Si4. The van der Waals surface area contributed by atoms with E-state index < -0.39 is 34.0 Å². The first-order chi connectivity index (χ1) is 13.8. The Labute approximate surface area is 189 Å². The Kier molecular flexibility index (Phi) is 13.0. The minimum absolute atomic E-state index is 0.287. The Morgan fingerprint density at radius 3 is 0.767 bits per heavy atom. The lowest BCUT2D eigenvalue weighted by Crippen LogP contribution is -2.52. The lowest BCUT2D eigenvalue weighted by Gasteiger charge is -2.43. The van der Waals surface area contributed by atoms with Crippen LogP contribution in [0.2, 0.25) is 54.4 Å². The third kappa shape index (κ3) is 7.30. The lowest BCUT2D eigenvalue weighted by atomic mass is 10.5. The molecule has 182 valence electrons. The van der Waals surface area contributed by atoms with Gasteiger partial charge in [0.2, 0.25) is 0 Å². The van der Waals surface area contributed by atoms with Crippen LogP contribution in [0.1, 0.15) is 20.8 Å². The summed E-state index contributed by atoms with van der Waals surface area (Å²) in [5, 5.41) is 0. The molecule has 11 heteroatoms. The summed E-state index contributed by atoms with van der Waals surface area (Å²) in [5.41, 5.74) is 0.860. The molecule has 3 unspecified atom stereocenters. The van der Waals surface area contributed by atoms with Gasteiger partial charge in [-0.1, -0.05) is 20.8 Å². The summed E-state index contributed by atoms with van der Waals surface area (Å²) >= 11 is 0. The van der Waals surface area contributed by atoms with Crippen LogP contribution in [0.3, 0.4) is 0 Å². The standard InChI is InChI=1S/C19H48O7Si4/c1-17(27(11,20-4)21-5)14-30(26-10,15-18(2)28(12,22-6)23-7)16-19(3)29(13,24-8)25-9/h17-19H,14-16H2,1-13H3. The van der Waals surface area contributed by atoms with E-state index in [-0.39, 0.29) is 16.6 Å². The van der Waals surface area contributed by atoms with Crippen molar-refractivity contribution < 1.29 is 31.0 Å². The summed E-state index contributed by atoms with van der Waals surface area (Å²) in [6.07, 6.45) is 0. The maximum Gasteiger partial charge on any atom is 0.337 e. The fourth-order valence-corrected chi connectivity index (χ4v) is 19.2. The number of rotatable bonds is 16. The highest BCUT2D eigenvalue weighted by Crippen LogP contribution is 2.45. The van der Waals surface area contributed by atoms with Crippen LogP contribution in [0.25, 0.3) is 0 Å². The molecule has 0 bridgehead atoms. The molecule has 0 aliphatic heterocycles. The molecule has 7 nitrogen and oxygen atoms in total. The van der Waals surface area contributed by atoms with Gasteiger partial charge < -0.3 is 31.0 Å². The van der Waals surface area contributed by atoms with Crippen molar-refractivity contribution in [3.05, 3.63) is 0 Å². The molecule has 0 aliphatic rings. The van der Waals surface area contributed by atoms with E-state index in [1.807, 2.05) is 7.11 Å². The Balaban J connectivity index is 6.08. The van der Waals surface area contributed by atoms with Gasteiger partial charge in [-0.15, -0.1) is 0 Å². The molecule has 0 N–H and O–H groups in total. The SMILES string of the molecule is CO[Si](CC(C)[Si](C)(OC)OC)(CC(C)[Si](C)(OC)OC)CC(C)[Si](C)(OC)OC. The van der Waals surface area contributed by atoms with Gasteiger partial charge in [0, 0.05) is 49.8 Å². The van der Waals surface area contributed by atoms with Gasteiger partial charge in [0.25, 0.3) is 0 Å². The van der Waals surface area contributed by atoms with Crippen LogP contribution in [0.5, 0.6) is 0 Å². The van der Waals surface area contributed by atoms with Gasteiger partial charge >= 0.3 is 25.7 Å². The first-order valence-electron chi connectivity index (χ1n) is 10.7. The van der Waals surface area contributed by atoms with Crippen molar-refractivity contribution in [2.45, 2.75) is 75.2 Å². The van der Waals surface area contributed by atoms with Gasteiger partial charge in [-0.3, -0.25) is 0 Å². The molecule has 0 aromatic carbocycles. The van der Waals surface area contributed by atoms with E-state index in [0.29, 0.717) is 0 Å². The zero-order valence-corrected chi connectivity index (χ0v) is 25.7. The molecule has 30 heavy (non-hydrogen) atoms. The Morgan fingerprint density at radius 2 is 0.633 bits per heavy atom. The zero-order chi connectivity index (χ0) is 23.8. The van der Waals surface area contributed by atoms with E-state index in [2.05, 4.69) is 40.4 Å². The molecule has 0 spiro atoms. The Bertz CT molecular complexity index is 421. The second-order valence-corrected chi connectivity index (χ2v) is 24.5. The molecule has 0 saturated heterocycles. The zero-order valence-electron chi connectivity index (χ0n) is 21.7. The topological polar surface area (TPSA) is 64.6 Å². The fraction of sp³-hybridized carbons (Fsp3) is 1.00. The van der Waals surface area contributed by atoms with Crippen LogP contribution in [0.4, 0.5) is 0 Å². The predicted octanol–water partition coefficient (Wildman–Crippen LogP) is 4.84. The van der Waals surface area contributed by atoms with E-state index in [4.69, 9.17) is 31.0 Å². The van der Waals surface area contributed by atoms with Gasteiger partial charge in [-0.05, 0) is 54.4 Å². The van der Waals surface area contributed by atoms with E-state index in [1.165, 1.54) is 0 Å². The van der Waals surface area contributed by atoms with E-state index in [9.17, 15) is 0 Å². The molecule has 0 amide bonds. The molecule has 0 aromatic rings. The Morgan fingerprint density at radius 1 is 0.433 bits per heavy atom. The second kappa shape index (κ2) is 12.7. The van der Waals surface area contributed by atoms with Gasteiger partial charge in [0.05, 0.1) is 0 Å². The average Bonchev–Trinajstić information content (AvgIpc) is 2.76. The highest BCUT2D eigenvalue weighted by Gasteiger charge is 2.51. The van der Waals surface area contributed by atoms with Crippen LogP contribution >= 0.6 is 0 Å². The normalized spacial score (nSPS) is 18.7. The van der Waals surface area contributed by atoms with E-state index >= 15 is 0 Å². The summed E-state index contributed by atoms with van der Waals surface area (Å²) in [4.78, 5) is 0. The average molecular weight is 501 g/mol. The molecule has 3 atom stereocenters. The monoisotopic (exact) mass is 500 g/mol. The third-order valence-electron chi connectivity index (χ3n) is 7.58. The molecule has 0 aromatic heterocycles. The quantitative estimate of drug-likeness (QED) is 0.281. The van der Waals surface area contributed by atoms with Crippen molar-refractivity contribution in [1.82, 2.24) is 0 Å². The molecule has 0 fully saturated rings. The minimum Gasteiger partial charge on any atom is -0.420 e. The largest absolute Gasteiger partial charge is 0.420 e. The molecule has 0 saturated carbocycles. The van der Waals surface area contributed by atoms with Crippen LogP contribution in [0.15, 0.2) is 0 Å². The maximum absolute atomic E-state index is 6.47. The summed E-state index contributed by atoms with van der Waals surface area (Å²) in [5.74, 6) is 0. The maximum atomic E-state index is 6.47. The number of hydrogen-bond donors (Lipinski definition) is 0. The lowest BCUT2D eigenvalue weighted by molar-refractivity contribution is 0.234. The minimum atomic E-state index is -2.30. The van der Waals surface area contributed by atoms with Crippen molar-refractivity contribution in [3.8, 4) is 0 Å². The van der Waals surface area contributed by atoms with Crippen LogP contribution in [0, 0.1) is 0 Å². The molecule has 0 rings (SSSR count). The van der Waals surface area contributed by atoms with Crippen LogP contribution < -0.4 is 0 Å². The smallest absolute Gasteiger partial charge is 0.337 e. The van der Waals surface area contributed by atoms with Crippen molar-refractivity contribution in [2.75, 3.05) is 49.8 Å². The van der Waals surface area contributed by atoms with Gasteiger partial charge in [-0.2, -0.15) is 0 Å². The van der Waals surface area contributed by atoms with Gasteiger partial charge in [0.15, 0.2) is 8.32 Å². The van der Waals surface area contributed by atoms with Crippen molar-refractivity contribution >= 4 is 34.0 Å². The molecule has 0 radical (unpaired) electrons.